The van der Waals surface area contributed by atoms with Crippen LogP contribution in [0.5, 0.6) is 0 Å². The molecule has 5 nitrogen and oxygen atoms in total. The van der Waals surface area contributed by atoms with Crippen molar-refractivity contribution in [1.29, 1.82) is 0 Å². The maximum Gasteiger partial charge on any atom is 0.375 e. The van der Waals surface area contributed by atoms with E-state index in [2.05, 4.69) is 15.2 Å². The first-order chi connectivity index (χ1) is 8.61. The molecule has 1 aromatic heterocycles. The fourth-order valence-corrected chi connectivity index (χ4v) is 1.61. The summed E-state index contributed by atoms with van der Waals surface area (Å²) >= 11 is 11.7. The minimum Gasteiger partial charge on any atom is -0.460 e. The second-order valence-electron chi connectivity index (χ2n) is 3.36. The maximum atomic E-state index is 11.4. The van der Waals surface area contributed by atoms with E-state index in [4.69, 9.17) is 27.9 Å². The number of nitrogens with one attached hydrogen (secondary N) is 1. The zero-order chi connectivity index (χ0) is 13.1. The predicted octanol–water partition coefficient (Wildman–Crippen LogP) is 2.96. The predicted molar refractivity (Wildman–Crippen MR) is 67.8 cm³/mol. The Morgan fingerprint density at radius 2 is 2.17 bits per heavy atom. The molecule has 1 aromatic carbocycles. The van der Waals surface area contributed by atoms with Gasteiger partial charge in [-0.05, 0) is 25.1 Å². The van der Waals surface area contributed by atoms with Crippen LogP contribution in [-0.4, -0.2) is 27.8 Å². The molecular formula is C11H9Cl2N3O2. The summed E-state index contributed by atoms with van der Waals surface area (Å²) in [5.74, 6) is -0.133. The molecule has 0 fully saturated rings. The molecule has 0 aliphatic rings. The molecule has 0 aliphatic carbocycles. The molecule has 0 aliphatic heterocycles. The zero-order valence-corrected chi connectivity index (χ0v) is 10.9. The average Bonchev–Trinajstić information content (AvgIpc) is 2.82. The minimum atomic E-state index is -0.545. The van der Waals surface area contributed by atoms with Gasteiger partial charge in [0.25, 0.3) is 0 Å². The number of H-pyrrole nitrogens is 1. The first-order valence-electron chi connectivity index (χ1n) is 5.16. The molecule has 2 aromatic rings. The lowest BCUT2D eigenvalue weighted by molar-refractivity contribution is 0.0512. The van der Waals surface area contributed by atoms with Gasteiger partial charge >= 0.3 is 5.97 Å². The molecule has 94 valence electrons. The van der Waals surface area contributed by atoms with Crippen molar-refractivity contribution in [3.63, 3.8) is 0 Å². The second kappa shape index (κ2) is 5.37. The van der Waals surface area contributed by atoms with Crippen molar-refractivity contribution in [3.05, 3.63) is 34.1 Å². The van der Waals surface area contributed by atoms with Gasteiger partial charge in [-0.2, -0.15) is 5.10 Å². The standard InChI is InChI=1S/C11H9Cl2N3O2/c1-2-18-11(17)10-14-9(15-16-10)6-3-4-7(12)8(13)5-6/h3-5H,2H2,1H3,(H,14,15,16). The molecule has 7 heteroatoms. The highest BCUT2D eigenvalue weighted by Gasteiger charge is 2.14. The van der Waals surface area contributed by atoms with Gasteiger partial charge in [-0.25, -0.2) is 9.78 Å². The smallest absolute Gasteiger partial charge is 0.375 e. The highest BCUT2D eigenvalue weighted by atomic mass is 35.5. The third-order valence-electron chi connectivity index (χ3n) is 2.13. The third kappa shape index (κ3) is 2.63. The molecule has 0 saturated heterocycles. The molecule has 1 N–H and O–H groups in total. The van der Waals surface area contributed by atoms with Crippen LogP contribution in [0, 0.1) is 0 Å². The molecular weight excluding hydrogens is 277 g/mol. The van der Waals surface area contributed by atoms with Crippen LogP contribution in [0.3, 0.4) is 0 Å². The van der Waals surface area contributed by atoms with E-state index in [1.807, 2.05) is 0 Å². The van der Waals surface area contributed by atoms with Crippen molar-refractivity contribution in [1.82, 2.24) is 15.2 Å². The Hall–Kier alpha value is -1.59. The Labute approximate surface area is 113 Å². The van der Waals surface area contributed by atoms with Crippen LogP contribution in [0.4, 0.5) is 0 Å². The Morgan fingerprint density at radius 1 is 1.39 bits per heavy atom. The second-order valence-corrected chi connectivity index (χ2v) is 4.17. The fourth-order valence-electron chi connectivity index (χ4n) is 1.32. The van der Waals surface area contributed by atoms with Gasteiger partial charge in [-0.1, -0.05) is 23.2 Å². The Kier molecular flexibility index (Phi) is 3.84. The number of halogens is 2. The topological polar surface area (TPSA) is 67.9 Å². The Bertz CT molecular complexity index is 583. The van der Waals surface area contributed by atoms with E-state index < -0.39 is 5.97 Å². The highest BCUT2D eigenvalue weighted by Crippen LogP contribution is 2.26. The van der Waals surface area contributed by atoms with E-state index in [0.29, 0.717) is 21.4 Å². The highest BCUT2D eigenvalue weighted by molar-refractivity contribution is 6.42. The number of benzene rings is 1. The van der Waals surface area contributed by atoms with E-state index >= 15 is 0 Å². The number of carbonyl (C=O) groups is 1. The van der Waals surface area contributed by atoms with E-state index in [1.165, 1.54) is 0 Å². The van der Waals surface area contributed by atoms with Crippen molar-refractivity contribution in [2.75, 3.05) is 6.61 Å². The quantitative estimate of drug-likeness (QED) is 0.881. The summed E-state index contributed by atoms with van der Waals surface area (Å²) in [6.45, 7) is 2.00. The SMILES string of the molecule is CCOC(=O)c1nc(-c2ccc(Cl)c(Cl)c2)n[nH]1. The number of aromatic nitrogens is 3. The number of aromatic amines is 1. The molecule has 0 unspecified atom stereocenters. The third-order valence-corrected chi connectivity index (χ3v) is 2.87. The van der Waals surface area contributed by atoms with Gasteiger partial charge in [-0.15, -0.1) is 0 Å². The number of rotatable bonds is 3. The zero-order valence-electron chi connectivity index (χ0n) is 9.41. The molecule has 0 saturated carbocycles. The summed E-state index contributed by atoms with van der Waals surface area (Å²) in [4.78, 5) is 15.4. The lowest BCUT2D eigenvalue weighted by Crippen LogP contribution is -2.06. The largest absolute Gasteiger partial charge is 0.460 e. The van der Waals surface area contributed by atoms with Crippen molar-refractivity contribution in [2.45, 2.75) is 6.92 Å². The van der Waals surface area contributed by atoms with E-state index in [9.17, 15) is 4.79 Å². The molecule has 0 amide bonds. The summed E-state index contributed by atoms with van der Waals surface area (Å²) < 4.78 is 4.80. The molecule has 18 heavy (non-hydrogen) atoms. The first kappa shape index (κ1) is 12.9. The van der Waals surface area contributed by atoms with Crippen LogP contribution in [0.2, 0.25) is 10.0 Å². The summed E-state index contributed by atoms with van der Waals surface area (Å²) in [5.41, 5.74) is 0.663. The van der Waals surface area contributed by atoms with Crippen molar-refractivity contribution in [2.24, 2.45) is 0 Å². The number of ether oxygens (including phenoxy) is 1. The van der Waals surface area contributed by atoms with Gasteiger partial charge in [0.1, 0.15) is 0 Å². The number of hydrogen-bond donors (Lipinski definition) is 1. The molecule has 0 radical (unpaired) electrons. The van der Waals surface area contributed by atoms with Crippen LogP contribution in [0.1, 0.15) is 17.5 Å². The molecule has 0 spiro atoms. The van der Waals surface area contributed by atoms with E-state index in [0.717, 1.165) is 0 Å². The summed E-state index contributed by atoms with van der Waals surface area (Å²) in [6.07, 6.45) is 0. The van der Waals surface area contributed by atoms with Crippen LogP contribution in [0.15, 0.2) is 18.2 Å². The minimum absolute atomic E-state index is 0.0536. The molecule has 1 heterocycles. The average molecular weight is 286 g/mol. The van der Waals surface area contributed by atoms with Gasteiger partial charge < -0.3 is 4.74 Å². The van der Waals surface area contributed by atoms with Crippen molar-refractivity contribution >= 4 is 29.2 Å². The van der Waals surface area contributed by atoms with Gasteiger partial charge in [0.05, 0.1) is 16.7 Å². The van der Waals surface area contributed by atoms with Crippen molar-refractivity contribution in [3.8, 4) is 11.4 Å². The Balaban J connectivity index is 2.29. The van der Waals surface area contributed by atoms with Crippen LogP contribution in [-0.2, 0) is 4.74 Å². The lowest BCUT2D eigenvalue weighted by atomic mass is 10.2. The first-order valence-corrected chi connectivity index (χ1v) is 5.92. The molecule has 2 rings (SSSR count). The van der Waals surface area contributed by atoms with Gasteiger partial charge in [0, 0.05) is 5.56 Å². The number of carbonyl (C=O) groups excluding carboxylic acids is 1. The van der Waals surface area contributed by atoms with Crippen LogP contribution in [0.25, 0.3) is 11.4 Å². The lowest BCUT2D eigenvalue weighted by Gasteiger charge is -1.98. The number of esters is 1. The summed E-state index contributed by atoms with van der Waals surface area (Å²) in [7, 11) is 0. The van der Waals surface area contributed by atoms with E-state index in [1.54, 1.807) is 25.1 Å². The van der Waals surface area contributed by atoms with Gasteiger partial charge in [0.2, 0.25) is 5.82 Å². The summed E-state index contributed by atoms with van der Waals surface area (Å²) in [5, 5.41) is 7.28. The van der Waals surface area contributed by atoms with Gasteiger partial charge in [-0.3, -0.25) is 5.10 Å². The van der Waals surface area contributed by atoms with E-state index in [-0.39, 0.29) is 12.4 Å². The van der Waals surface area contributed by atoms with Crippen molar-refractivity contribution < 1.29 is 9.53 Å². The van der Waals surface area contributed by atoms with Crippen LogP contribution < -0.4 is 0 Å². The molecule has 0 bridgehead atoms. The van der Waals surface area contributed by atoms with Gasteiger partial charge in [0.15, 0.2) is 5.82 Å². The number of hydrogen-bond acceptors (Lipinski definition) is 4. The van der Waals surface area contributed by atoms with Crippen LogP contribution >= 0.6 is 23.2 Å². The Morgan fingerprint density at radius 3 is 2.83 bits per heavy atom. The fraction of sp³-hybridized carbons (Fsp3) is 0.182. The monoisotopic (exact) mass is 285 g/mol. The number of nitrogens with zero attached hydrogens (tertiary/aromatic N) is 2. The summed E-state index contributed by atoms with van der Waals surface area (Å²) in [6, 6.07) is 4.98. The molecule has 0 atom stereocenters. The normalized spacial score (nSPS) is 10.4. The maximum absolute atomic E-state index is 11.4.